The van der Waals surface area contributed by atoms with Crippen LogP contribution in [0.3, 0.4) is 0 Å². The molecule has 3 fully saturated rings. The summed E-state index contributed by atoms with van der Waals surface area (Å²) in [7, 11) is 0. The van der Waals surface area contributed by atoms with E-state index >= 15 is 0 Å². The molecule has 0 N–H and O–H groups in total. The van der Waals surface area contributed by atoms with Crippen LogP contribution in [-0.4, -0.2) is 75.8 Å². The number of rotatable bonds is 3. The quantitative estimate of drug-likeness (QED) is 0.853. The Bertz CT molecular complexity index is 708. The van der Waals surface area contributed by atoms with Crippen LogP contribution < -0.4 is 4.90 Å². The van der Waals surface area contributed by atoms with Gasteiger partial charge in [0.15, 0.2) is 5.82 Å². The summed E-state index contributed by atoms with van der Waals surface area (Å²) in [6.07, 6.45) is 12.8. The molecule has 2 aliphatic heterocycles. The van der Waals surface area contributed by atoms with E-state index in [0.717, 1.165) is 30.5 Å². The van der Waals surface area contributed by atoms with Crippen molar-refractivity contribution in [2.75, 3.05) is 44.2 Å². The highest BCUT2D eigenvalue weighted by Crippen LogP contribution is 2.28. The molecule has 3 aliphatic rings. The highest BCUT2D eigenvalue weighted by Gasteiger charge is 2.36. The second-order valence-electron chi connectivity index (χ2n) is 7.83. The van der Waals surface area contributed by atoms with Crippen LogP contribution in [0.15, 0.2) is 24.7 Å². The molecule has 0 aromatic carbocycles. The molecule has 0 spiro atoms. The van der Waals surface area contributed by atoms with Gasteiger partial charge in [-0.25, -0.2) is 9.50 Å². The van der Waals surface area contributed by atoms with Crippen molar-refractivity contribution in [1.82, 2.24) is 24.4 Å². The fourth-order valence-corrected chi connectivity index (χ4v) is 4.86. The van der Waals surface area contributed by atoms with Crippen LogP contribution in [0.1, 0.15) is 32.1 Å². The molecule has 2 aromatic rings. The fourth-order valence-electron chi connectivity index (χ4n) is 4.86. The highest BCUT2D eigenvalue weighted by molar-refractivity contribution is 5.69. The Kier molecular flexibility index (Phi) is 4.10. The van der Waals surface area contributed by atoms with Crippen molar-refractivity contribution in [3.05, 3.63) is 24.7 Å². The molecule has 6 nitrogen and oxygen atoms in total. The summed E-state index contributed by atoms with van der Waals surface area (Å²) < 4.78 is 1.92. The van der Waals surface area contributed by atoms with Gasteiger partial charge in [-0.2, -0.15) is 5.10 Å². The maximum absolute atomic E-state index is 4.59. The Morgan fingerprint density at radius 1 is 0.840 bits per heavy atom. The van der Waals surface area contributed by atoms with Gasteiger partial charge in [0.2, 0.25) is 0 Å². The van der Waals surface area contributed by atoms with Crippen LogP contribution in [0.2, 0.25) is 0 Å². The summed E-state index contributed by atoms with van der Waals surface area (Å²) >= 11 is 0. The topological polar surface area (TPSA) is 39.9 Å². The standard InChI is InChI=1S/C19H28N6/c1-2-4-16(5-3-1)22-10-12-23(13-11-22)17-14-24(15-17)19-18-6-7-21-25(18)9-8-20-19/h6-9,16-17H,1-5,10-15H2. The summed E-state index contributed by atoms with van der Waals surface area (Å²) in [4.78, 5) is 12.5. The largest absolute Gasteiger partial charge is 0.352 e. The van der Waals surface area contributed by atoms with Gasteiger partial charge in [0.25, 0.3) is 0 Å². The number of hydrogen-bond donors (Lipinski definition) is 0. The van der Waals surface area contributed by atoms with E-state index in [1.807, 2.05) is 23.1 Å². The van der Waals surface area contributed by atoms with E-state index in [9.17, 15) is 0 Å². The van der Waals surface area contributed by atoms with E-state index in [-0.39, 0.29) is 0 Å². The minimum atomic E-state index is 0.693. The van der Waals surface area contributed by atoms with E-state index in [2.05, 4.69) is 30.8 Å². The molecular weight excluding hydrogens is 312 g/mol. The Labute approximate surface area is 149 Å². The average Bonchev–Trinajstić information content (AvgIpc) is 3.11. The molecule has 0 radical (unpaired) electrons. The van der Waals surface area contributed by atoms with Crippen molar-refractivity contribution in [2.45, 2.75) is 44.2 Å². The van der Waals surface area contributed by atoms with Gasteiger partial charge in [0.05, 0.1) is 6.20 Å². The zero-order chi connectivity index (χ0) is 16.6. The third kappa shape index (κ3) is 2.91. The van der Waals surface area contributed by atoms with Crippen molar-refractivity contribution >= 4 is 11.3 Å². The number of anilines is 1. The second kappa shape index (κ2) is 6.57. The van der Waals surface area contributed by atoms with Gasteiger partial charge < -0.3 is 4.90 Å². The maximum atomic E-state index is 4.59. The van der Waals surface area contributed by atoms with Crippen LogP contribution in [-0.2, 0) is 0 Å². The molecule has 5 rings (SSSR count). The fraction of sp³-hybridized carbons (Fsp3) is 0.684. The van der Waals surface area contributed by atoms with Crippen LogP contribution in [0.25, 0.3) is 5.52 Å². The van der Waals surface area contributed by atoms with Crippen molar-refractivity contribution in [3.63, 3.8) is 0 Å². The predicted octanol–water partition coefficient (Wildman–Crippen LogP) is 1.87. The van der Waals surface area contributed by atoms with Crippen LogP contribution in [0, 0.1) is 0 Å². The molecule has 0 atom stereocenters. The molecule has 2 saturated heterocycles. The first-order valence-corrected chi connectivity index (χ1v) is 9.90. The maximum Gasteiger partial charge on any atom is 0.154 e. The zero-order valence-electron chi connectivity index (χ0n) is 14.9. The minimum Gasteiger partial charge on any atom is -0.352 e. The lowest BCUT2D eigenvalue weighted by Crippen LogP contribution is -2.64. The van der Waals surface area contributed by atoms with Gasteiger partial charge in [-0.15, -0.1) is 0 Å². The van der Waals surface area contributed by atoms with Gasteiger partial charge in [0.1, 0.15) is 5.52 Å². The van der Waals surface area contributed by atoms with Crippen LogP contribution in [0.5, 0.6) is 0 Å². The first-order chi connectivity index (χ1) is 12.4. The molecule has 4 heterocycles. The summed E-state index contributed by atoms with van der Waals surface area (Å²) in [6.45, 7) is 7.19. The molecule has 134 valence electrons. The van der Waals surface area contributed by atoms with E-state index in [1.165, 1.54) is 58.3 Å². The first kappa shape index (κ1) is 15.6. The van der Waals surface area contributed by atoms with E-state index in [0.29, 0.717) is 6.04 Å². The minimum absolute atomic E-state index is 0.693. The number of nitrogens with zero attached hydrogens (tertiary/aromatic N) is 6. The number of hydrogen-bond acceptors (Lipinski definition) is 5. The van der Waals surface area contributed by atoms with Crippen LogP contribution in [0.4, 0.5) is 5.82 Å². The lowest BCUT2D eigenvalue weighted by molar-refractivity contribution is 0.0487. The Balaban J connectivity index is 1.16. The lowest BCUT2D eigenvalue weighted by atomic mass is 9.93. The monoisotopic (exact) mass is 340 g/mol. The summed E-state index contributed by atoms with van der Waals surface area (Å²) in [5.41, 5.74) is 1.11. The zero-order valence-corrected chi connectivity index (χ0v) is 14.9. The molecule has 1 saturated carbocycles. The molecule has 0 unspecified atom stereocenters. The molecule has 25 heavy (non-hydrogen) atoms. The van der Waals surface area contributed by atoms with Gasteiger partial charge >= 0.3 is 0 Å². The lowest BCUT2D eigenvalue weighted by Gasteiger charge is -2.49. The number of fused-ring (bicyclic) bond motifs is 1. The van der Waals surface area contributed by atoms with Crippen molar-refractivity contribution < 1.29 is 0 Å². The van der Waals surface area contributed by atoms with E-state index in [4.69, 9.17) is 0 Å². The number of aromatic nitrogens is 3. The van der Waals surface area contributed by atoms with Gasteiger partial charge in [-0.1, -0.05) is 19.3 Å². The highest BCUT2D eigenvalue weighted by atomic mass is 15.4. The van der Waals surface area contributed by atoms with Gasteiger partial charge in [-0.3, -0.25) is 9.80 Å². The molecule has 1 aliphatic carbocycles. The smallest absolute Gasteiger partial charge is 0.154 e. The summed E-state index contributed by atoms with van der Waals surface area (Å²) in [6, 6.07) is 3.62. The van der Waals surface area contributed by atoms with Crippen molar-refractivity contribution in [1.29, 1.82) is 0 Å². The SMILES string of the molecule is c1cn2nccc2c(N2CC(N3CCN(C4CCCCC4)CC3)C2)n1. The third-order valence-corrected chi connectivity index (χ3v) is 6.42. The molecule has 2 aromatic heterocycles. The molecule has 6 heteroatoms. The van der Waals surface area contributed by atoms with Crippen molar-refractivity contribution in [3.8, 4) is 0 Å². The first-order valence-electron chi connectivity index (χ1n) is 9.90. The number of piperazine rings is 1. The van der Waals surface area contributed by atoms with Gasteiger partial charge in [-0.05, 0) is 18.9 Å². The Morgan fingerprint density at radius 3 is 2.32 bits per heavy atom. The summed E-state index contributed by atoms with van der Waals surface area (Å²) in [5, 5.41) is 4.32. The Morgan fingerprint density at radius 2 is 1.56 bits per heavy atom. The second-order valence-corrected chi connectivity index (χ2v) is 7.83. The molecular formula is C19H28N6. The van der Waals surface area contributed by atoms with Crippen molar-refractivity contribution in [2.24, 2.45) is 0 Å². The normalized spacial score (nSPS) is 24.7. The average molecular weight is 340 g/mol. The van der Waals surface area contributed by atoms with E-state index < -0.39 is 0 Å². The molecule has 0 bridgehead atoms. The summed E-state index contributed by atoms with van der Waals surface area (Å²) in [5.74, 6) is 1.08. The molecule has 0 amide bonds. The predicted molar refractivity (Wildman–Crippen MR) is 99.0 cm³/mol. The van der Waals surface area contributed by atoms with E-state index in [1.54, 1.807) is 0 Å². The third-order valence-electron chi connectivity index (χ3n) is 6.42. The van der Waals surface area contributed by atoms with Crippen LogP contribution >= 0.6 is 0 Å². The Hall–Kier alpha value is -1.66. The van der Waals surface area contributed by atoms with Gasteiger partial charge in [0, 0.05) is 63.7 Å².